The molecule has 122 valence electrons. The number of hydrogen-bond donors (Lipinski definition) is 2. The van der Waals surface area contributed by atoms with Crippen molar-refractivity contribution in [2.45, 2.75) is 31.8 Å². The molecule has 0 spiro atoms. The molecular formula is C19H24N2O2. The highest BCUT2D eigenvalue weighted by Crippen LogP contribution is 2.26. The van der Waals surface area contributed by atoms with Gasteiger partial charge in [-0.1, -0.05) is 36.4 Å². The molecule has 4 heteroatoms. The molecule has 4 nitrogen and oxygen atoms in total. The molecule has 0 heterocycles. The van der Waals surface area contributed by atoms with Gasteiger partial charge in [0.1, 0.15) is 0 Å². The van der Waals surface area contributed by atoms with Crippen molar-refractivity contribution in [2.24, 2.45) is 0 Å². The van der Waals surface area contributed by atoms with E-state index in [1.165, 1.54) is 10.8 Å². The molecule has 1 atom stereocenters. The third-order valence-corrected chi connectivity index (χ3v) is 4.45. The molecule has 0 saturated heterocycles. The SMILES string of the molecule is CC(NC(=O)CN(CCO)C1CC1)c1ccc2ccccc2c1. The van der Waals surface area contributed by atoms with Crippen LogP contribution in [0, 0.1) is 0 Å². The van der Waals surface area contributed by atoms with Gasteiger partial charge in [-0.05, 0) is 42.2 Å². The minimum absolute atomic E-state index is 0.0195. The van der Waals surface area contributed by atoms with E-state index in [4.69, 9.17) is 5.11 Å². The Morgan fingerprint density at radius 1 is 1.26 bits per heavy atom. The van der Waals surface area contributed by atoms with E-state index >= 15 is 0 Å². The predicted molar refractivity (Wildman–Crippen MR) is 92.2 cm³/mol. The van der Waals surface area contributed by atoms with Gasteiger partial charge < -0.3 is 10.4 Å². The molecule has 0 aliphatic heterocycles. The van der Waals surface area contributed by atoms with Crippen molar-refractivity contribution in [3.8, 4) is 0 Å². The first-order valence-corrected chi connectivity index (χ1v) is 8.30. The van der Waals surface area contributed by atoms with Crippen LogP contribution in [0.15, 0.2) is 42.5 Å². The molecule has 1 aliphatic rings. The molecule has 2 aromatic rings. The third kappa shape index (κ3) is 4.09. The van der Waals surface area contributed by atoms with Crippen LogP contribution in [0.1, 0.15) is 31.4 Å². The van der Waals surface area contributed by atoms with E-state index in [9.17, 15) is 4.79 Å². The number of carbonyl (C=O) groups is 1. The van der Waals surface area contributed by atoms with Gasteiger partial charge in [0.05, 0.1) is 19.2 Å². The highest BCUT2D eigenvalue weighted by atomic mass is 16.3. The maximum Gasteiger partial charge on any atom is 0.234 e. The Hall–Kier alpha value is -1.91. The van der Waals surface area contributed by atoms with Crippen molar-refractivity contribution in [1.29, 1.82) is 0 Å². The van der Waals surface area contributed by atoms with E-state index in [1.54, 1.807) is 0 Å². The van der Waals surface area contributed by atoms with Gasteiger partial charge >= 0.3 is 0 Å². The second-order valence-electron chi connectivity index (χ2n) is 6.32. The lowest BCUT2D eigenvalue weighted by molar-refractivity contribution is -0.123. The first-order chi connectivity index (χ1) is 11.2. The number of nitrogens with zero attached hydrogens (tertiary/aromatic N) is 1. The van der Waals surface area contributed by atoms with Crippen molar-refractivity contribution in [3.05, 3.63) is 48.0 Å². The van der Waals surface area contributed by atoms with Crippen LogP contribution in [0.2, 0.25) is 0 Å². The van der Waals surface area contributed by atoms with Gasteiger partial charge in [-0.25, -0.2) is 0 Å². The van der Waals surface area contributed by atoms with Gasteiger partial charge in [-0.3, -0.25) is 9.69 Å². The van der Waals surface area contributed by atoms with Gasteiger partial charge in [0, 0.05) is 12.6 Å². The van der Waals surface area contributed by atoms with Crippen molar-refractivity contribution >= 4 is 16.7 Å². The number of fused-ring (bicyclic) bond motifs is 1. The topological polar surface area (TPSA) is 52.6 Å². The summed E-state index contributed by atoms with van der Waals surface area (Å²) in [7, 11) is 0. The Bertz CT molecular complexity index is 682. The molecule has 1 unspecified atom stereocenters. The quantitative estimate of drug-likeness (QED) is 0.826. The third-order valence-electron chi connectivity index (χ3n) is 4.45. The van der Waals surface area contributed by atoms with Gasteiger partial charge in [0.25, 0.3) is 0 Å². The number of aliphatic hydroxyl groups excluding tert-OH is 1. The first kappa shape index (κ1) is 16.0. The molecular weight excluding hydrogens is 288 g/mol. The summed E-state index contributed by atoms with van der Waals surface area (Å²) in [5, 5.41) is 14.6. The minimum atomic E-state index is -0.0257. The number of hydrogen-bond acceptors (Lipinski definition) is 3. The summed E-state index contributed by atoms with van der Waals surface area (Å²) in [4.78, 5) is 14.3. The maximum absolute atomic E-state index is 12.3. The van der Waals surface area contributed by atoms with Crippen LogP contribution in [-0.4, -0.2) is 41.7 Å². The second-order valence-corrected chi connectivity index (χ2v) is 6.32. The lowest BCUT2D eigenvalue weighted by Gasteiger charge is -2.22. The van der Waals surface area contributed by atoms with Crippen molar-refractivity contribution < 1.29 is 9.90 Å². The molecule has 2 aromatic carbocycles. The molecule has 1 amide bonds. The summed E-state index contributed by atoms with van der Waals surface area (Å²) in [6, 6.07) is 15.0. The minimum Gasteiger partial charge on any atom is -0.395 e. The van der Waals surface area contributed by atoms with Gasteiger partial charge in [0.2, 0.25) is 5.91 Å². The number of rotatable bonds is 7. The zero-order valence-electron chi connectivity index (χ0n) is 13.5. The molecule has 3 rings (SSSR count). The van der Waals surface area contributed by atoms with Crippen LogP contribution < -0.4 is 5.32 Å². The smallest absolute Gasteiger partial charge is 0.234 e. The Morgan fingerprint density at radius 2 is 2.00 bits per heavy atom. The van der Waals surface area contributed by atoms with E-state index in [1.807, 2.05) is 19.1 Å². The normalized spacial score (nSPS) is 15.8. The zero-order chi connectivity index (χ0) is 16.2. The molecule has 1 aliphatic carbocycles. The average Bonchev–Trinajstić information content (AvgIpc) is 3.39. The number of benzene rings is 2. The monoisotopic (exact) mass is 312 g/mol. The summed E-state index contributed by atoms with van der Waals surface area (Å²) >= 11 is 0. The number of nitrogens with one attached hydrogen (secondary N) is 1. The van der Waals surface area contributed by atoms with Gasteiger partial charge in [-0.2, -0.15) is 0 Å². The maximum atomic E-state index is 12.3. The molecule has 0 bridgehead atoms. The van der Waals surface area contributed by atoms with Crippen LogP contribution in [0.4, 0.5) is 0 Å². The molecule has 1 fully saturated rings. The lowest BCUT2D eigenvalue weighted by atomic mass is 10.0. The fourth-order valence-corrected chi connectivity index (χ4v) is 2.99. The highest BCUT2D eigenvalue weighted by Gasteiger charge is 2.29. The Morgan fingerprint density at radius 3 is 2.70 bits per heavy atom. The van der Waals surface area contributed by atoms with Crippen LogP contribution in [0.3, 0.4) is 0 Å². The van der Waals surface area contributed by atoms with E-state index in [2.05, 4.69) is 40.5 Å². The summed E-state index contributed by atoms with van der Waals surface area (Å²) in [5.74, 6) is 0.0195. The first-order valence-electron chi connectivity index (χ1n) is 8.30. The van der Waals surface area contributed by atoms with Crippen LogP contribution in [0.25, 0.3) is 10.8 Å². The molecule has 23 heavy (non-hydrogen) atoms. The fourth-order valence-electron chi connectivity index (χ4n) is 2.99. The number of carbonyl (C=O) groups excluding carboxylic acids is 1. The molecule has 2 N–H and O–H groups in total. The van der Waals surface area contributed by atoms with Gasteiger partial charge in [0.15, 0.2) is 0 Å². The van der Waals surface area contributed by atoms with E-state index in [-0.39, 0.29) is 18.6 Å². The number of amides is 1. The summed E-state index contributed by atoms with van der Waals surface area (Å²) in [6.07, 6.45) is 2.26. The largest absolute Gasteiger partial charge is 0.395 e. The van der Waals surface area contributed by atoms with Crippen LogP contribution in [0.5, 0.6) is 0 Å². The Kier molecular flexibility index (Phi) is 4.94. The predicted octanol–water partition coefficient (Wildman–Crippen LogP) is 2.47. The van der Waals surface area contributed by atoms with E-state index in [0.29, 0.717) is 19.1 Å². The second kappa shape index (κ2) is 7.11. The molecule has 0 aromatic heterocycles. The molecule has 0 radical (unpaired) electrons. The Balaban J connectivity index is 1.62. The standard InChI is InChI=1S/C19H24N2O2/c1-14(16-7-6-15-4-2-3-5-17(15)12-16)20-19(23)13-21(10-11-22)18-8-9-18/h2-7,12,14,18,22H,8-11,13H2,1H3,(H,20,23). The van der Waals surface area contributed by atoms with Crippen molar-refractivity contribution in [2.75, 3.05) is 19.7 Å². The Labute approximate surface area is 137 Å². The summed E-state index contributed by atoms with van der Waals surface area (Å²) < 4.78 is 0. The fraction of sp³-hybridized carbons (Fsp3) is 0.421. The molecule has 1 saturated carbocycles. The van der Waals surface area contributed by atoms with Gasteiger partial charge in [-0.15, -0.1) is 0 Å². The summed E-state index contributed by atoms with van der Waals surface area (Å²) in [6.45, 7) is 3.05. The lowest BCUT2D eigenvalue weighted by Crippen LogP contribution is -2.40. The van der Waals surface area contributed by atoms with E-state index in [0.717, 1.165) is 18.4 Å². The number of aliphatic hydroxyl groups is 1. The van der Waals surface area contributed by atoms with Crippen LogP contribution >= 0.6 is 0 Å². The van der Waals surface area contributed by atoms with Crippen molar-refractivity contribution in [3.63, 3.8) is 0 Å². The average molecular weight is 312 g/mol. The van der Waals surface area contributed by atoms with Crippen molar-refractivity contribution in [1.82, 2.24) is 10.2 Å². The van der Waals surface area contributed by atoms with E-state index < -0.39 is 0 Å². The summed E-state index contributed by atoms with van der Waals surface area (Å²) in [5.41, 5.74) is 1.11. The zero-order valence-corrected chi connectivity index (χ0v) is 13.5. The van der Waals surface area contributed by atoms with Crippen LogP contribution in [-0.2, 0) is 4.79 Å². The highest BCUT2D eigenvalue weighted by molar-refractivity contribution is 5.83.